The number of nitrogens with zero attached hydrogens (tertiary/aromatic N) is 2. The molecule has 5 nitrogen and oxygen atoms in total. The molecule has 1 heterocycles. The lowest BCUT2D eigenvalue weighted by Crippen LogP contribution is -2.47. The van der Waals surface area contributed by atoms with Gasteiger partial charge in [0.1, 0.15) is 0 Å². The Morgan fingerprint density at radius 2 is 1.63 bits per heavy atom. The first-order chi connectivity index (χ1) is 13.0. The highest BCUT2D eigenvalue weighted by Crippen LogP contribution is 2.11. The highest BCUT2D eigenvalue weighted by Gasteiger charge is 2.20. The third kappa shape index (κ3) is 5.17. The molecule has 1 aliphatic rings. The number of carbonyl (C=O) groups excluding carboxylic acids is 2. The minimum absolute atomic E-state index is 0.00175. The van der Waals surface area contributed by atoms with Gasteiger partial charge in [-0.25, -0.2) is 0 Å². The molecule has 0 aromatic heterocycles. The molecule has 27 heavy (non-hydrogen) atoms. The monoisotopic (exact) mass is 365 g/mol. The van der Waals surface area contributed by atoms with Gasteiger partial charge < -0.3 is 15.1 Å². The summed E-state index contributed by atoms with van der Waals surface area (Å²) in [5.41, 5.74) is 3.86. The van der Waals surface area contributed by atoms with Crippen molar-refractivity contribution in [3.8, 4) is 0 Å². The first-order valence-electron chi connectivity index (χ1n) is 9.41. The molecule has 2 amide bonds. The number of hydrogen-bond acceptors (Lipinski definition) is 3. The van der Waals surface area contributed by atoms with Crippen LogP contribution in [0.1, 0.15) is 27.0 Å². The lowest BCUT2D eigenvalue weighted by atomic mass is 10.1. The van der Waals surface area contributed by atoms with Crippen molar-refractivity contribution in [2.75, 3.05) is 33.2 Å². The number of amides is 2. The van der Waals surface area contributed by atoms with Crippen LogP contribution in [0.15, 0.2) is 48.5 Å². The number of hydrogen-bond donors (Lipinski definition) is 1. The summed E-state index contributed by atoms with van der Waals surface area (Å²) >= 11 is 0. The van der Waals surface area contributed by atoms with Crippen LogP contribution >= 0.6 is 0 Å². The van der Waals surface area contributed by atoms with Crippen LogP contribution < -0.4 is 5.32 Å². The van der Waals surface area contributed by atoms with Gasteiger partial charge in [0.2, 0.25) is 5.91 Å². The SMILES string of the molecule is Cc1ccccc1CC(=O)NCc1ccc(C(=O)N2CCN(C)CC2)cc1. The quantitative estimate of drug-likeness (QED) is 0.884. The van der Waals surface area contributed by atoms with Crippen molar-refractivity contribution in [1.29, 1.82) is 0 Å². The first-order valence-corrected chi connectivity index (χ1v) is 9.41. The third-order valence-electron chi connectivity index (χ3n) is 5.09. The van der Waals surface area contributed by atoms with E-state index < -0.39 is 0 Å². The highest BCUT2D eigenvalue weighted by atomic mass is 16.2. The van der Waals surface area contributed by atoms with Crippen molar-refractivity contribution in [1.82, 2.24) is 15.1 Å². The Bertz CT molecular complexity index is 793. The van der Waals surface area contributed by atoms with Crippen LogP contribution in [0.25, 0.3) is 0 Å². The van der Waals surface area contributed by atoms with E-state index >= 15 is 0 Å². The number of rotatable bonds is 5. The molecule has 0 spiro atoms. The Morgan fingerprint density at radius 3 is 2.30 bits per heavy atom. The summed E-state index contributed by atoms with van der Waals surface area (Å²) < 4.78 is 0. The number of benzene rings is 2. The fraction of sp³-hybridized carbons (Fsp3) is 0.364. The van der Waals surface area contributed by atoms with Gasteiger partial charge in [0.25, 0.3) is 5.91 Å². The molecule has 0 atom stereocenters. The van der Waals surface area contributed by atoms with Crippen molar-refractivity contribution in [3.05, 3.63) is 70.8 Å². The Kier molecular flexibility index (Phi) is 6.24. The average Bonchev–Trinajstić information content (AvgIpc) is 2.69. The molecular weight excluding hydrogens is 338 g/mol. The summed E-state index contributed by atoms with van der Waals surface area (Å²) in [6.07, 6.45) is 0.382. The predicted molar refractivity (Wildman–Crippen MR) is 107 cm³/mol. The van der Waals surface area contributed by atoms with Crippen LogP contribution in [0.4, 0.5) is 0 Å². The summed E-state index contributed by atoms with van der Waals surface area (Å²) in [6.45, 7) is 5.85. The van der Waals surface area contributed by atoms with Crippen molar-refractivity contribution in [3.63, 3.8) is 0 Å². The van der Waals surface area contributed by atoms with E-state index in [9.17, 15) is 9.59 Å². The van der Waals surface area contributed by atoms with E-state index in [-0.39, 0.29) is 11.8 Å². The summed E-state index contributed by atoms with van der Waals surface area (Å²) in [4.78, 5) is 28.9. The molecule has 5 heteroatoms. The minimum Gasteiger partial charge on any atom is -0.352 e. The number of nitrogens with one attached hydrogen (secondary N) is 1. The Labute approximate surface area is 161 Å². The maximum atomic E-state index is 12.6. The lowest BCUT2D eigenvalue weighted by Gasteiger charge is -2.32. The third-order valence-corrected chi connectivity index (χ3v) is 5.09. The zero-order chi connectivity index (χ0) is 19.2. The summed E-state index contributed by atoms with van der Waals surface area (Å²) in [5.74, 6) is 0.0835. The number of carbonyl (C=O) groups is 2. The van der Waals surface area contributed by atoms with E-state index in [1.54, 1.807) is 0 Å². The predicted octanol–water partition coefficient (Wildman–Crippen LogP) is 2.24. The van der Waals surface area contributed by atoms with Gasteiger partial charge in [-0.2, -0.15) is 0 Å². The molecule has 142 valence electrons. The smallest absolute Gasteiger partial charge is 0.253 e. The molecule has 0 aliphatic carbocycles. The summed E-state index contributed by atoms with van der Waals surface area (Å²) in [7, 11) is 2.07. The van der Waals surface area contributed by atoms with Crippen molar-refractivity contribution >= 4 is 11.8 Å². The lowest BCUT2D eigenvalue weighted by molar-refractivity contribution is -0.120. The summed E-state index contributed by atoms with van der Waals surface area (Å²) in [5, 5.41) is 2.95. The van der Waals surface area contributed by atoms with Crippen molar-refractivity contribution in [2.24, 2.45) is 0 Å². The molecule has 3 rings (SSSR count). The second-order valence-electron chi connectivity index (χ2n) is 7.17. The fourth-order valence-corrected chi connectivity index (χ4v) is 3.20. The normalized spacial score (nSPS) is 14.8. The van der Waals surface area contributed by atoms with Gasteiger partial charge in [0, 0.05) is 38.3 Å². The van der Waals surface area contributed by atoms with Crippen LogP contribution in [0.2, 0.25) is 0 Å². The average molecular weight is 365 g/mol. The highest BCUT2D eigenvalue weighted by molar-refractivity contribution is 5.94. The molecule has 1 aliphatic heterocycles. The zero-order valence-electron chi connectivity index (χ0n) is 16.1. The van der Waals surface area contributed by atoms with E-state index in [0.717, 1.165) is 42.9 Å². The van der Waals surface area contributed by atoms with Gasteiger partial charge >= 0.3 is 0 Å². The molecule has 0 saturated carbocycles. The molecular formula is C22H27N3O2. The molecule has 0 bridgehead atoms. The molecule has 0 unspecified atom stereocenters. The standard InChI is InChI=1S/C22H27N3O2/c1-17-5-3-4-6-20(17)15-21(26)23-16-18-7-9-19(10-8-18)22(27)25-13-11-24(2)12-14-25/h3-10H,11-16H2,1-2H3,(H,23,26). The maximum absolute atomic E-state index is 12.6. The topological polar surface area (TPSA) is 52.7 Å². The Hall–Kier alpha value is -2.66. The zero-order valence-corrected chi connectivity index (χ0v) is 16.1. The number of aryl methyl sites for hydroxylation is 1. The minimum atomic E-state index is 0.00175. The number of likely N-dealkylation sites (N-methyl/N-ethyl adjacent to an activating group) is 1. The van der Waals surface area contributed by atoms with Crippen LogP contribution in [0, 0.1) is 6.92 Å². The summed E-state index contributed by atoms with van der Waals surface area (Å²) in [6, 6.07) is 15.4. The van der Waals surface area contributed by atoms with Gasteiger partial charge in [-0.3, -0.25) is 9.59 Å². The van der Waals surface area contributed by atoms with E-state index in [0.29, 0.717) is 18.5 Å². The Balaban J connectivity index is 1.51. The largest absolute Gasteiger partial charge is 0.352 e. The molecule has 1 fully saturated rings. The van der Waals surface area contributed by atoms with Crippen LogP contribution in [-0.4, -0.2) is 54.8 Å². The fourth-order valence-electron chi connectivity index (χ4n) is 3.20. The molecule has 1 N–H and O–H groups in total. The maximum Gasteiger partial charge on any atom is 0.253 e. The van der Waals surface area contributed by atoms with Gasteiger partial charge in [-0.15, -0.1) is 0 Å². The first kappa shape index (κ1) is 19.1. The van der Waals surface area contributed by atoms with Crippen molar-refractivity contribution < 1.29 is 9.59 Å². The van der Waals surface area contributed by atoms with E-state index in [1.807, 2.05) is 60.4 Å². The van der Waals surface area contributed by atoms with Crippen LogP contribution in [0.5, 0.6) is 0 Å². The van der Waals surface area contributed by atoms with E-state index in [4.69, 9.17) is 0 Å². The molecule has 2 aromatic rings. The van der Waals surface area contributed by atoms with E-state index in [1.165, 1.54) is 0 Å². The van der Waals surface area contributed by atoms with Gasteiger partial charge in [0.05, 0.1) is 6.42 Å². The van der Waals surface area contributed by atoms with Gasteiger partial charge in [0.15, 0.2) is 0 Å². The molecule has 1 saturated heterocycles. The van der Waals surface area contributed by atoms with Crippen molar-refractivity contribution in [2.45, 2.75) is 19.9 Å². The molecule has 0 radical (unpaired) electrons. The van der Waals surface area contributed by atoms with E-state index in [2.05, 4.69) is 17.3 Å². The van der Waals surface area contributed by atoms with Gasteiger partial charge in [-0.1, -0.05) is 36.4 Å². The second-order valence-corrected chi connectivity index (χ2v) is 7.17. The molecule has 2 aromatic carbocycles. The second kappa shape index (κ2) is 8.82. The van der Waals surface area contributed by atoms with Crippen LogP contribution in [-0.2, 0) is 17.8 Å². The van der Waals surface area contributed by atoms with Crippen LogP contribution in [0.3, 0.4) is 0 Å². The number of piperazine rings is 1. The van der Waals surface area contributed by atoms with Gasteiger partial charge in [-0.05, 0) is 42.8 Å². The Morgan fingerprint density at radius 1 is 0.963 bits per heavy atom.